The summed E-state index contributed by atoms with van der Waals surface area (Å²) in [6.07, 6.45) is 0. The van der Waals surface area contributed by atoms with Crippen LogP contribution in [0.2, 0.25) is 0 Å². The molecule has 0 radical (unpaired) electrons. The van der Waals surface area contributed by atoms with Crippen molar-refractivity contribution in [2.45, 2.75) is 11.4 Å². The summed E-state index contributed by atoms with van der Waals surface area (Å²) in [6.45, 7) is 1.21. The number of hydrogen-bond acceptors (Lipinski definition) is 5. The second-order valence-corrected chi connectivity index (χ2v) is 10.1. The molecule has 1 amide bonds. The average Bonchev–Trinajstić information content (AvgIpc) is 3.30. The molecular weight excluding hydrogens is 456 g/mol. The van der Waals surface area contributed by atoms with Crippen molar-refractivity contribution in [3.8, 4) is 0 Å². The number of halogens is 2. The number of rotatable bonds is 6. The van der Waals surface area contributed by atoms with Crippen LogP contribution in [0.5, 0.6) is 0 Å². The Hall–Kier alpha value is -2.82. The molecule has 4 rings (SSSR count). The van der Waals surface area contributed by atoms with Crippen molar-refractivity contribution in [1.29, 1.82) is 0 Å². The first-order valence-corrected chi connectivity index (χ1v) is 12.3. The normalized spacial score (nSPS) is 15.0. The molecular formula is C22H21F2N3O3S2. The van der Waals surface area contributed by atoms with Gasteiger partial charge in [0.05, 0.1) is 5.69 Å². The predicted octanol–water partition coefficient (Wildman–Crippen LogP) is 3.47. The quantitative estimate of drug-likeness (QED) is 0.590. The molecule has 10 heteroatoms. The van der Waals surface area contributed by atoms with E-state index in [4.69, 9.17) is 0 Å². The van der Waals surface area contributed by atoms with Gasteiger partial charge in [-0.05, 0) is 41.3 Å². The highest BCUT2D eigenvalue weighted by Gasteiger charge is 2.33. The van der Waals surface area contributed by atoms with Gasteiger partial charge in [0.1, 0.15) is 21.4 Å². The third-order valence-corrected chi connectivity index (χ3v) is 8.23. The lowest BCUT2D eigenvalue weighted by Crippen LogP contribution is -2.49. The summed E-state index contributed by atoms with van der Waals surface area (Å²) < 4.78 is 54.8. The second kappa shape index (κ2) is 9.35. The number of nitrogens with one attached hydrogen (secondary N) is 1. The monoisotopic (exact) mass is 477 g/mol. The fraction of sp³-hybridized carbons (Fsp3) is 0.227. The van der Waals surface area contributed by atoms with Crippen molar-refractivity contribution in [3.63, 3.8) is 0 Å². The van der Waals surface area contributed by atoms with E-state index in [0.717, 1.165) is 11.3 Å². The van der Waals surface area contributed by atoms with Crippen LogP contribution in [0.25, 0.3) is 0 Å². The molecule has 0 aliphatic carbocycles. The Labute approximate surface area is 189 Å². The van der Waals surface area contributed by atoms with Gasteiger partial charge in [0.2, 0.25) is 10.0 Å². The van der Waals surface area contributed by atoms with Crippen molar-refractivity contribution < 1.29 is 22.0 Å². The SMILES string of the molecule is O=C(NCc1ccc(F)cc1)c1sccc1S(=O)(=O)N1CCN(c2ccccc2F)CC1. The van der Waals surface area contributed by atoms with Crippen LogP contribution in [0.4, 0.5) is 14.5 Å². The molecule has 0 bridgehead atoms. The summed E-state index contributed by atoms with van der Waals surface area (Å²) in [7, 11) is -3.89. The largest absolute Gasteiger partial charge is 0.367 e. The number of sulfonamides is 1. The Bertz CT molecular complexity index is 1210. The van der Waals surface area contributed by atoms with Gasteiger partial charge in [-0.2, -0.15) is 4.31 Å². The van der Waals surface area contributed by atoms with Crippen LogP contribution < -0.4 is 10.2 Å². The molecule has 1 aliphatic heterocycles. The number of thiophene rings is 1. The molecule has 1 saturated heterocycles. The Morgan fingerprint density at radius 3 is 2.34 bits per heavy atom. The summed E-state index contributed by atoms with van der Waals surface area (Å²) >= 11 is 1.05. The zero-order valence-electron chi connectivity index (χ0n) is 17.0. The number of piperazine rings is 1. The van der Waals surface area contributed by atoms with E-state index in [-0.39, 0.29) is 41.0 Å². The third-order valence-electron chi connectivity index (χ3n) is 5.25. The van der Waals surface area contributed by atoms with E-state index in [1.807, 2.05) is 4.90 Å². The lowest BCUT2D eigenvalue weighted by Gasteiger charge is -2.35. The minimum atomic E-state index is -3.89. The van der Waals surface area contributed by atoms with Crippen LogP contribution in [-0.2, 0) is 16.6 Å². The van der Waals surface area contributed by atoms with Gasteiger partial charge in [0.25, 0.3) is 5.91 Å². The number of hydrogen-bond donors (Lipinski definition) is 1. The van der Waals surface area contributed by atoms with Gasteiger partial charge in [-0.3, -0.25) is 4.79 Å². The smallest absolute Gasteiger partial charge is 0.263 e. The van der Waals surface area contributed by atoms with E-state index in [1.165, 1.54) is 28.6 Å². The van der Waals surface area contributed by atoms with Crippen molar-refractivity contribution in [2.24, 2.45) is 0 Å². The van der Waals surface area contributed by atoms with Gasteiger partial charge in [0, 0.05) is 32.7 Å². The first-order chi connectivity index (χ1) is 15.4. The first kappa shape index (κ1) is 22.4. The zero-order chi connectivity index (χ0) is 22.7. The van der Waals surface area contributed by atoms with Crippen LogP contribution in [-0.4, -0.2) is 44.8 Å². The van der Waals surface area contributed by atoms with Crippen molar-refractivity contribution in [1.82, 2.24) is 9.62 Å². The molecule has 3 aromatic rings. The Balaban J connectivity index is 1.44. The van der Waals surface area contributed by atoms with Crippen LogP contribution in [0, 0.1) is 11.6 Å². The molecule has 0 atom stereocenters. The number of anilines is 1. The maximum absolute atomic E-state index is 14.1. The molecule has 1 aliphatic rings. The minimum absolute atomic E-state index is 0.0431. The van der Waals surface area contributed by atoms with Crippen LogP contribution in [0.1, 0.15) is 15.2 Å². The Morgan fingerprint density at radius 1 is 0.969 bits per heavy atom. The highest BCUT2D eigenvalue weighted by molar-refractivity contribution is 7.89. The molecule has 1 N–H and O–H groups in total. The highest BCUT2D eigenvalue weighted by Crippen LogP contribution is 2.27. The molecule has 32 heavy (non-hydrogen) atoms. The number of carbonyl (C=O) groups excluding carboxylic acids is 1. The van der Waals surface area contributed by atoms with Gasteiger partial charge in [0.15, 0.2) is 0 Å². The van der Waals surface area contributed by atoms with E-state index < -0.39 is 15.9 Å². The maximum Gasteiger partial charge on any atom is 0.263 e. The number of carbonyl (C=O) groups is 1. The van der Waals surface area contributed by atoms with Crippen LogP contribution in [0.3, 0.4) is 0 Å². The summed E-state index contributed by atoms with van der Waals surface area (Å²) in [5.41, 5.74) is 1.14. The molecule has 1 aromatic heterocycles. The summed E-state index contributed by atoms with van der Waals surface area (Å²) in [6, 6.07) is 13.5. The summed E-state index contributed by atoms with van der Waals surface area (Å²) in [4.78, 5) is 14.5. The van der Waals surface area contributed by atoms with Gasteiger partial charge < -0.3 is 10.2 Å². The molecule has 2 heterocycles. The van der Waals surface area contributed by atoms with Crippen LogP contribution in [0.15, 0.2) is 64.9 Å². The Kier molecular flexibility index (Phi) is 6.54. The van der Waals surface area contributed by atoms with E-state index in [9.17, 15) is 22.0 Å². The maximum atomic E-state index is 14.1. The average molecular weight is 478 g/mol. The van der Waals surface area contributed by atoms with Gasteiger partial charge in [-0.1, -0.05) is 24.3 Å². The standard InChI is InChI=1S/C22H21F2N3O3S2/c23-17-7-5-16(6-8-17)15-25-22(28)21-20(9-14-31-21)32(29,30)27-12-10-26(11-13-27)19-4-2-1-3-18(19)24/h1-9,14H,10-13,15H2,(H,25,28). The molecule has 0 spiro atoms. The van der Waals surface area contributed by atoms with E-state index in [2.05, 4.69) is 5.32 Å². The molecule has 2 aromatic carbocycles. The number of amides is 1. The van der Waals surface area contributed by atoms with Crippen LogP contribution >= 0.6 is 11.3 Å². The molecule has 0 unspecified atom stereocenters. The van der Waals surface area contributed by atoms with Crippen molar-refractivity contribution in [3.05, 3.63) is 82.1 Å². The van der Waals surface area contributed by atoms with Gasteiger partial charge >= 0.3 is 0 Å². The van der Waals surface area contributed by atoms with E-state index >= 15 is 0 Å². The molecule has 0 saturated carbocycles. The fourth-order valence-corrected chi connectivity index (χ4v) is 6.29. The van der Waals surface area contributed by atoms with Crippen molar-refractivity contribution >= 4 is 33.0 Å². The zero-order valence-corrected chi connectivity index (χ0v) is 18.6. The first-order valence-electron chi connectivity index (χ1n) is 9.96. The lowest BCUT2D eigenvalue weighted by atomic mass is 10.2. The third kappa shape index (κ3) is 4.67. The minimum Gasteiger partial charge on any atom is -0.367 e. The fourth-order valence-electron chi connectivity index (χ4n) is 3.55. The van der Waals surface area contributed by atoms with E-state index in [0.29, 0.717) is 24.3 Å². The highest BCUT2D eigenvalue weighted by atomic mass is 32.2. The number of para-hydroxylation sites is 1. The topological polar surface area (TPSA) is 69.7 Å². The number of benzene rings is 2. The lowest BCUT2D eigenvalue weighted by molar-refractivity contribution is 0.0952. The van der Waals surface area contributed by atoms with E-state index in [1.54, 1.807) is 35.7 Å². The second-order valence-electron chi connectivity index (χ2n) is 7.27. The molecule has 6 nitrogen and oxygen atoms in total. The predicted molar refractivity (Wildman–Crippen MR) is 119 cm³/mol. The Morgan fingerprint density at radius 2 is 1.66 bits per heavy atom. The molecule has 1 fully saturated rings. The van der Waals surface area contributed by atoms with Crippen molar-refractivity contribution in [2.75, 3.05) is 31.1 Å². The summed E-state index contributed by atoms with van der Waals surface area (Å²) in [5.74, 6) is -1.23. The van der Waals surface area contributed by atoms with Gasteiger partial charge in [-0.15, -0.1) is 11.3 Å². The number of nitrogens with zero attached hydrogens (tertiary/aromatic N) is 2. The summed E-state index contributed by atoms with van der Waals surface area (Å²) in [5, 5.41) is 4.25. The molecule has 168 valence electrons. The van der Waals surface area contributed by atoms with Gasteiger partial charge in [-0.25, -0.2) is 17.2 Å².